The van der Waals surface area contributed by atoms with Gasteiger partial charge in [0.1, 0.15) is 0 Å². The van der Waals surface area contributed by atoms with E-state index in [1.54, 1.807) is 6.20 Å². The van der Waals surface area contributed by atoms with E-state index in [0.29, 0.717) is 5.92 Å². The van der Waals surface area contributed by atoms with E-state index in [4.69, 9.17) is 0 Å². The summed E-state index contributed by atoms with van der Waals surface area (Å²) in [5, 5.41) is 2.81. The minimum absolute atomic E-state index is 0.00484. The average molecular weight is 206 g/mol. The van der Waals surface area contributed by atoms with Gasteiger partial charge in [0.15, 0.2) is 0 Å². The van der Waals surface area contributed by atoms with Crippen molar-refractivity contribution in [1.29, 1.82) is 0 Å². The molecule has 0 aliphatic rings. The highest BCUT2D eigenvalue weighted by atomic mass is 16.1. The number of anilines is 1. The molecule has 1 heterocycles. The Morgan fingerprint density at radius 3 is 2.33 bits per heavy atom. The number of pyridine rings is 1. The number of hydrogen-bond acceptors (Lipinski definition) is 2. The third kappa shape index (κ3) is 3.35. The van der Waals surface area contributed by atoms with Gasteiger partial charge in [-0.3, -0.25) is 9.78 Å². The van der Waals surface area contributed by atoms with Gasteiger partial charge in [0.05, 0.1) is 11.9 Å². The van der Waals surface area contributed by atoms with Crippen LogP contribution >= 0.6 is 0 Å². The molecule has 0 fully saturated rings. The van der Waals surface area contributed by atoms with Crippen molar-refractivity contribution in [1.82, 2.24) is 4.98 Å². The smallest absolute Gasteiger partial charge is 0.226 e. The highest BCUT2D eigenvalue weighted by molar-refractivity contribution is 5.91. The van der Waals surface area contributed by atoms with Crippen LogP contribution in [0.3, 0.4) is 0 Å². The Bertz CT molecular complexity index is 328. The number of amides is 1. The Kier molecular flexibility index (Phi) is 3.83. The molecule has 0 saturated carbocycles. The Morgan fingerprint density at radius 1 is 1.27 bits per heavy atom. The summed E-state index contributed by atoms with van der Waals surface area (Å²) in [6, 6.07) is 3.84. The molecule has 1 N–H and O–H groups in total. The Hall–Kier alpha value is -1.38. The molecule has 15 heavy (non-hydrogen) atoms. The fourth-order valence-electron chi connectivity index (χ4n) is 1.11. The van der Waals surface area contributed by atoms with Crippen molar-refractivity contribution in [2.75, 3.05) is 5.32 Å². The zero-order chi connectivity index (χ0) is 11.4. The standard InChI is InChI=1S/C12H18N2O/c1-8(2)11-6-5-10(7-13-11)14-12(15)9(3)4/h5-9H,1-4H3,(H,14,15). The van der Waals surface area contributed by atoms with Crippen LogP contribution in [0, 0.1) is 5.92 Å². The number of rotatable bonds is 3. The van der Waals surface area contributed by atoms with Gasteiger partial charge in [-0.1, -0.05) is 27.7 Å². The summed E-state index contributed by atoms with van der Waals surface area (Å²) in [6.45, 7) is 7.92. The van der Waals surface area contributed by atoms with E-state index in [0.717, 1.165) is 11.4 Å². The number of carbonyl (C=O) groups is 1. The summed E-state index contributed by atoms with van der Waals surface area (Å²) >= 11 is 0. The maximum absolute atomic E-state index is 11.4. The van der Waals surface area contributed by atoms with E-state index in [1.165, 1.54) is 0 Å². The van der Waals surface area contributed by atoms with Gasteiger partial charge in [-0.05, 0) is 18.1 Å². The van der Waals surface area contributed by atoms with Crippen LogP contribution in [0.15, 0.2) is 18.3 Å². The van der Waals surface area contributed by atoms with Gasteiger partial charge in [0.25, 0.3) is 0 Å². The van der Waals surface area contributed by atoms with E-state index < -0.39 is 0 Å². The monoisotopic (exact) mass is 206 g/mol. The maximum atomic E-state index is 11.4. The van der Waals surface area contributed by atoms with Gasteiger partial charge in [-0.25, -0.2) is 0 Å². The van der Waals surface area contributed by atoms with Gasteiger partial charge >= 0.3 is 0 Å². The van der Waals surface area contributed by atoms with Crippen molar-refractivity contribution in [2.24, 2.45) is 5.92 Å². The number of aromatic nitrogens is 1. The molecule has 0 atom stereocenters. The van der Waals surface area contributed by atoms with Crippen LogP contribution in [0.25, 0.3) is 0 Å². The van der Waals surface area contributed by atoms with E-state index in [1.807, 2.05) is 26.0 Å². The zero-order valence-electron chi connectivity index (χ0n) is 9.74. The molecule has 0 spiro atoms. The van der Waals surface area contributed by atoms with Crippen molar-refractivity contribution < 1.29 is 4.79 Å². The molecule has 1 amide bonds. The average Bonchev–Trinajstić information content (AvgIpc) is 2.18. The first-order valence-corrected chi connectivity index (χ1v) is 5.27. The Balaban J connectivity index is 2.69. The second-order valence-corrected chi connectivity index (χ2v) is 4.27. The molecule has 0 bridgehead atoms. The first-order valence-electron chi connectivity index (χ1n) is 5.27. The lowest BCUT2D eigenvalue weighted by atomic mass is 10.1. The zero-order valence-corrected chi connectivity index (χ0v) is 9.74. The predicted molar refractivity (Wildman–Crippen MR) is 61.8 cm³/mol. The molecule has 0 aliphatic heterocycles. The highest BCUT2D eigenvalue weighted by Gasteiger charge is 2.07. The third-order valence-electron chi connectivity index (χ3n) is 2.17. The SMILES string of the molecule is CC(C)C(=O)Nc1ccc(C(C)C)nc1. The summed E-state index contributed by atoms with van der Waals surface area (Å²) in [7, 11) is 0. The van der Waals surface area contributed by atoms with Gasteiger partial charge < -0.3 is 5.32 Å². The second kappa shape index (κ2) is 4.91. The lowest BCUT2D eigenvalue weighted by Gasteiger charge is -2.08. The van der Waals surface area contributed by atoms with E-state index >= 15 is 0 Å². The van der Waals surface area contributed by atoms with E-state index in [9.17, 15) is 4.79 Å². The lowest BCUT2D eigenvalue weighted by molar-refractivity contribution is -0.118. The van der Waals surface area contributed by atoms with Crippen molar-refractivity contribution in [2.45, 2.75) is 33.6 Å². The summed E-state index contributed by atoms with van der Waals surface area (Å²) in [5.41, 5.74) is 1.80. The van der Waals surface area contributed by atoms with Gasteiger partial charge in [-0.2, -0.15) is 0 Å². The van der Waals surface area contributed by atoms with Crippen LogP contribution in [-0.4, -0.2) is 10.9 Å². The Labute approximate surface area is 90.9 Å². The number of hydrogen-bond donors (Lipinski definition) is 1. The topological polar surface area (TPSA) is 42.0 Å². The first kappa shape index (κ1) is 11.7. The molecule has 3 nitrogen and oxygen atoms in total. The largest absolute Gasteiger partial charge is 0.325 e. The minimum atomic E-state index is -0.00484. The summed E-state index contributed by atoms with van der Waals surface area (Å²) in [6.07, 6.45) is 1.70. The van der Waals surface area contributed by atoms with Crippen LogP contribution in [0.2, 0.25) is 0 Å². The van der Waals surface area contributed by atoms with E-state index in [2.05, 4.69) is 24.1 Å². The number of nitrogens with zero attached hydrogens (tertiary/aromatic N) is 1. The molecular formula is C12H18N2O. The van der Waals surface area contributed by atoms with Crippen LogP contribution in [0.5, 0.6) is 0 Å². The van der Waals surface area contributed by atoms with Crippen molar-refractivity contribution in [3.8, 4) is 0 Å². The predicted octanol–water partition coefficient (Wildman–Crippen LogP) is 2.80. The van der Waals surface area contributed by atoms with Gasteiger partial charge in [-0.15, -0.1) is 0 Å². The van der Waals surface area contributed by atoms with E-state index in [-0.39, 0.29) is 11.8 Å². The maximum Gasteiger partial charge on any atom is 0.226 e. The fraction of sp³-hybridized carbons (Fsp3) is 0.500. The van der Waals surface area contributed by atoms with Crippen molar-refractivity contribution in [3.63, 3.8) is 0 Å². The molecule has 0 radical (unpaired) electrons. The highest BCUT2D eigenvalue weighted by Crippen LogP contribution is 2.14. The van der Waals surface area contributed by atoms with Gasteiger partial charge in [0.2, 0.25) is 5.91 Å². The molecule has 82 valence electrons. The van der Waals surface area contributed by atoms with Crippen molar-refractivity contribution >= 4 is 11.6 Å². The lowest BCUT2D eigenvalue weighted by Crippen LogP contribution is -2.17. The summed E-state index contributed by atoms with van der Waals surface area (Å²) < 4.78 is 0. The quantitative estimate of drug-likeness (QED) is 0.826. The normalized spacial score (nSPS) is 10.8. The molecule has 1 rings (SSSR count). The van der Waals surface area contributed by atoms with Crippen LogP contribution in [0.4, 0.5) is 5.69 Å². The van der Waals surface area contributed by atoms with Crippen LogP contribution in [-0.2, 0) is 4.79 Å². The fourth-order valence-corrected chi connectivity index (χ4v) is 1.11. The molecule has 0 saturated heterocycles. The van der Waals surface area contributed by atoms with Crippen LogP contribution < -0.4 is 5.32 Å². The Morgan fingerprint density at radius 2 is 1.93 bits per heavy atom. The molecular weight excluding hydrogens is 188 g/mol. The molecule has 0 aromatic carbocycles. The van der Waals surface area contributed by atoms with Crippen molar-refractivity contribution in [3.05, 3.63) is 24.0 Å². The first-order chi connectivity index (χ1) is 7.00. The number of carbonyl (C=O) groups excluding carboxylic acids is 1. The molecule has 1 aromatic heterocycles. The molecule has 3 heteroatoms. The second-order valence-electron chi connectivity index (χ2n) is 4.27. The third-order valence-corrected chi connectivity index (χ3v) is 2.17. The molecule has 0 aliphatic carbocycles. The summed E-state index contributed by atoms with van der Waals surface area (Å²) in [5.74, 6) is 0.434. The molecule has 0 unspecified atom stereocenters. The summed E-state index contributed by atoms with van der Waals surface area (Å²) in [4.78, 5) is 15.7. The van der Waals surface area contributed by atoms with Crippen LogP contribution in [0.1, 0.15) is 39.3 Å². The van der Waals surface area contributed by atoms with Gasteiger partial charge in [0, 0.05) is 11.6 Å². The minimum Gasteiger partial charge on any atom is -0.325 e. The molecule has 1 aromatic rings. The number of nitrogens with one attached hydrogen (secondary N) is 1.